The summed E-state index contributed by atoms with van der Waals surface area (Å²) in [5.41, 5.74) is 0.478. The Hall–Kier alpha value is -2.26. The predicted molar refractivity (Wildman–Crippen MR) is 115 cm³/mol. The van der Waals surface area contributed by atoms with E-state index in [2.05, 4.69) is 10.2 Å². The number of rotatable bonds is 5. The van der Waals surface area contributed by atoms with Gasteiger partial charge in [0.2, 0.25) is 21.8 Å². The fraction of sp³-hybridized carbons (Fsp3) is 0.591. The zero-order valence-corrected chi connectivity index (χ0v) is 19.0. The third-order valence-electron chi connectivity index (χ3n) is 6.35. The van der Waals surface area contributed by atoms with E-state index in [1.165, 1.54) is 45.5 Å². The minimum absolute atomic E-state index is 0.0379. The van der Waals surface area contributed by atoms with Gasteiger partial charge < -0.3 is 9.32 Å². The highest BCUT2D eigenvalue weighted by Gasteiger charge is 2.30. The SMILES string of the molecule is CN(C)S(=O)(=O)c1ccc(C(=O)N2CCCC(c3nnc(C4CCCCC4)o3)C2)cc1. The molecule has 1 amide bonds. The third kappa shape index (κ3) is 4.67. The Bertz CT molecular complexity index is 1010. The quantitative estimate of drug-likeness (QED) is 0.698. The fourth-order valence-corrected chi connectivity index (χ4v) is 5.35. The number of sulfonamides is 1. The van der Waals surface area contributed by atoms with Crippen molar-refractivity contribution in [3.8, 4) is 0 Å². The summed E-state index contributed by atoms with van der Waals surface area (Å²) in [6.07, 6.45) is 7.69. The van der Waals surface area contributed by atoms with Crippen LogP contribution in [-0.2, 0) is 10.0 Å². The molecular weight excluding hydrogens is 416 g/mol. The van der Waals surface area contributed by atoms with Gasteiger partial charge in [0, 0.05) is 38.7 Å². The maximum absolute atomic E-state index is 13.0. The fourth-order valence-electron chi connectivity index (χ4n) is 4.45. The number of likely N-dealkylation sites (tertiary alicyclic amines) is 1. The van der Waals surface area contributed by atoms with Gasteiger partial charge in [-0.15, -0.1) is 10.2 Å². The number of carbonyl (C=O) groups excluding carboxylic acids is 1. The van der Waals surface area contributed by atoms with Gasteiger partial charge in [-0.2, -0.15) is 0 Å². The third-order valence-corrected chi connectivity index (χ3v) is 8.18. The largest absolute Gasteiger partial charge is 0.425 e. The number of carbonyl (C=O) groups is 1. The second-order valence-electron chi connectivity index (χ2n) is 8.72. The summed E-state index contributed by atoms with van der Waals surface area (Å²) in [5.74, 6) is 1.68. The lowest BCUT2D eigenvalue weighted by molar-refractivity contribution is 0.0697. The molecule has 1 aliphatic carbocycles. The lowest BCUT2D eigenvalue weighted by atomic mass is 9.89. The van der Waals surface area contributed by atoms with Gasteiger partial charge in [-0.1, -0.05) is 19.3 Å². The van der Waals surface area contributed by atoms with Crippen molar-refractivity contribution < 1.29 is 17.6 Å². The molecule has 4 rings (SSSR count). The Morgan fingerprint density at radius 3 is 2.23 bits per heavy atom. The Kier molecular flexibility index (Phi) is 6.43. The molecule has 168 valence electrons. The van der Waals surface area contributed by atoms with Crippen LogP contribution in [0.3, 0.4) is 0 Å². The molecule has 0 N–H and O–H groups in total. The predicted octanol–water partition coefficient (Wildman–Crippen LogP) is 3.39. The zero-order chi connectivity index (χ0) is 22.0. The van der Waals surface area contributed by atoms with E-state index < -0.39 is 10.0 Å². The second-order valence-corrected chi connectivity index (χ2v) is 10.9. The molecule has 1 atom stereocenters. The van der Waals surface area contributed by atoms with Gasteiger partial charge in [0.1, 0.15) is 0 Å². The van der Waals surface area contributed by atoms with Gasteiger partial charge >= 0.3 is 0 Å². The molecule has 2 heterocycles. The van der Waals surface area contributed by atoms with E-state index in [4.69, 9.17) is 4.42 Å². The molecule has 1 saturated carbocycles. The van der Waals surface area contributed by atoms with E-state index in [9.17, 15) is 13.2 Å². The van der Waals surface area contributed by atoms with Crippen LogP contribution >= 0.6 is 0 Å². The topological polar surface area (TPSA) is 96.6 Å². The lowest BCUT2D eigenvalue weighted by Crippen LogP contribution is -2.39. The number of piperidine rings is 1. The van der Waals surface area contributed by atoms with Crippen LogP contribution in [0.15, 0.2) is 33.6 Å². The molecule has 9 heteroatoms. The normalized spacial score (nSPS) is 20.9. The summed E-state index contributed by atoms with van der Waals surface area (Å²) in [4.78, 5) is 15.0. The van der Waals surface area contributed by atoms with Crippen LogP contribution in [0.2, 0.25) is 0 Å². The number of benzene rings is 1. The first-order valence-electron chi connectivity index (χ1n) is 11.0. The average molecular weight is 447 g/mol. The molecule has 0 bridgehead atoms. The van der Waals surface area contributed by atoms with Crippen molar-refractivity contribution in [2.24, 2.45) is 0 Å². The van der Waals surface area contributed by atoms with Crippen molar-refractivity contribution in [3.63, 3.8) is 0 Å². The number of nitrogens with zero attached hydrogens (tertiary/aromatic N) is 4. The Morgan fingerprint density at radius 1 is 0.968 bits per heavy atom. The van der Waals surface area contributed by atoms with Crippen molar-refractivity contribution in [1.82, 2.24) is 19.4 Å². The second kappa shape index (κ2) is 9.08. The van der Waals surface area contributed by atoms with Crippen LogP contribution in [0.1, 0.15) is 78.9 Å². The molecule has 1 saturated heterocycles. The van der Waals surface area contributed by atoms with Crippen LogP contribution in [-0.4, -0.2) is 60.9 Å². The first-order chi connectivity index (χ1) is 14.9. The minimum Gasteiger partial charge on any atom is -0.425 e. The Balaban J connectivity index is 1.44. The first-order valence-corrected chi connectivity index (χ1v) is 12.5. The molecule has 31 heavy (non-hydrogen) atoms. The van der Waals surface area contributed by atoms with Gasteiger partial charge in [-0.05, 0) is 49.9 Å². The molecule has 1 aromatic heterocycles. The summed E-state index contributed by atoms with van der Waals surface area (Å²) >= 11 is 0. The number of amides is 1. The van der Waals surface area contributed by atoms with E-state index >= 15 is 0 Å². The van der Waals surface area contributed by atoms with E-state index in [1.54, 1.807) is 17.0 Å². The molecule has 0 radical (unpaired) electrons. The van der Waals surface area contributed by atoms with Crippen LogP contribution in [0.4, 0.5) is 0 Å². The van der Waals surface area contributed by atoms with Gasteiger partial charge in [0.05, 0.1) is 10.8 Å². The smallest absolute Gasteiger partial charge is 0.253 e. The highest BCUT2D eigenvalue weighted by atomic mass is 32.2. The molecule has 2 fully saturated rings. The zero-order valence-electron chi connectivity index (χ0n) is 18.2. The molecule has 0 spiro atoms. The van der Waals surface area contributed by atoms with Gasteiger partial charge in [0.15, 0.2) is 0 Å². The van der Waals surface area contributed by atoms with E-state index in [1.807, 2.05) is 0 Å². The maximum Gasteiger partial charge on any atom is 0.253 e. The van der Waals surface area contributed by atoms with Crippen LogP contribution in [0.5, 0.6) is 0 Å². The summed E-state index contributed by atoms with van der Waals surface area (Å²) in [6, 6.07) is 6.13. The monoisotopic (exact) mass is 446 g/mol. The minimum atomic E-state index is -3.52. The molecule has 1 aliphatic heterocycles. The summed E-state index contributed by atoms with van der Waals surface area (Å²) < 4.78 is 31.7. The van der Waals surface area contributed by atoms with Crippen LogP contribution < -0.4 is 0 Å². The molecule has 2 aromatic rings. The number of hydrogen-bond acceptors (Lipinski definition) is 6. The van der Waals surface area contributed by atoms with Gasteiger partial charge in [0.25, 0.3) is 5.91 Å². The Labute approximate surface area is 183 Å². The van der Waals surface area contributed by atoms with E-state index in [0.717, 1.165) is 35.9 Å². The molecule has 8 nitrogen and oxygen atoms in total. The molecule has 1 unspecified atom stereocenters. The summed E-state index contributed by atoms with van der Waals surface area (Å²) in [6.45, 7) is 1.19. The van der Waals surface area contributed by atoms with Crippen LogP contribution in [0, 0.1) is 0 Å². The molecule has 1 aromatic carbocycles. The Morgan fingerprint density at radius 2 is 1.58 bits per heavy atom. The standard InChI is InChI=1S/C22H30N4O4S/c1-25(2)31(28,29)19-12-10-17(11-13-19)22(27)26-14-6-9-18(15-26)21-24-23-20(30-21)16-7-4-3-5-8-16/h10-13,16,18H,3-9,14-15H2,1-2H3. The van der Waals surface area contributed by atoms with Crippen molar-refractivity contribution in [2.75, 3.05) is 27.2 Å². The number of aromatic nitrogens is 2. The van der Waals surface area contributed by atoms with Crippen molar-refractivity contribution in [2.45, 2.75) is 61.7 Å². The van der Waals surface area contributed by atoms with E-state index in [-0.39, 0.29) is 16.7 Å². The van der Waals surface area contributed by atoms with Crippen molar-refractivity contribution in [3.05, 3.63) is 41.6 Å². The maximum atomic E-state index is 13.0. The number of hydrogen-bond donors (Lipinski definition) is 0. The molecule has 2 aliphatic rings. The van der Waals surface area contributed by atoms with E-state index in [0.29, 0.717) is 30.5 Å². The summed E-state index contributed by atoms with van der Waals surface area (Å²) in [7, 11) is -0.544. The van der Waals surface area contributed by atoms with Crippen LogP contribution in [0.25, 0.3) is 0 Å². The van der Waals surface area contributed by atoms with Gasteiger partial charge in [-0.3, -0.25) is 4.79 Å². The van der Waals surface area contributed by atoms with Gasteiger partial charge in [-0.25, -0.2) is 12.7 Å². The van der Waals surface area contributed by atoms with Crippen molar-refractivity contribution >= 4 is 15.9 Å². The highest BCUT2D eigenvalue weighted by Crippen LogP contribution is 2.34. The highest BCUT2D eigenvalue weighted by molar-refractivity contribution is 7.89. The molecular formula is C22H30N4O4S. The van der Waals surface area contributed by atoms with Crippen molar-refractivity contribution in [1.29, 1.82) is 0 Å². The average Bonchev–Trinajstić information content (AvgIpc) is 3.30. The summed E-state index contributed by atoms with van der Waals surface area (Å²) in [5, 5.41) is 8.62. The first kappa shape index (κ1) is 22.0. The lowest BCUT2D eigenvalue weighted by Gasteiger charge is -2.31.